The fourth-order valence-corrected chi connectivity index (χ4v) is 1.87. The van der Waals surface area contributed by atoms with Gasteiger partial charge in [0.15, 0.2) is 0 Å². The van der Waals surface area contributed by atoms with Gasteiger partial charge in [0, 0.05) is 6.07 Å². The van der Waals surface area contributed by atoms with Gasteiger partial charge in [-0.25, -0.2) is 4.79 Å². The number of aryl methyl sites for hydroxylation is 1. The van der Waals surface area contributed by atoms with E-state index >= 15 is 0 Å². The van der Waals surface area contributed by atoms with E-state index in [2.05, 4.69) is 10.5 Å². The number of rotatable bonds is 4. The molecular formula is C16H15N3O4. The minimum absolute atomic E-state index is 0.0539. The average molecular weight is 313 g/mol. The zero-order valence-electron chi connectivity index (χ0n) is 12.6. The van der Waals surface area contributed by atoms with Crippen molar-refractivity contribution in [2.24, 2.45) is 5.16 Å². The molecule has 0 atom stereocenters. The maximum Gasteiger partial charge on any atom is 0.438 e. The van der Waals surface area contributed by atoms with E-state index < -0.39 is 11.0 Å². The number of hydrogen-bond donors (Lipinski definition) is 1. The number of nitro benzene ring substituents is 1. The first kappa shape index (κ1) is 16.2. The molecule has 2 rings (SSSR count). The van der Waals surface area contributed by atoms with Crippen LogP contribution in [0.25, 0.3) is 0 Å². The quantitative estimate of drug-likeness (QED) is 0.401. The van der Waals surface area contributed by atoms with Gasteiger partial charge in [0.1, 0.15) is 5.69 Å². The summed E-state index contributed by atoms with van der Waals surface area (Å²) in [5.74, 6) is 0. The Hall–Kier alpha value is -3.22. The summed E-state index contributed by atoms with van der Waals surface area (Å²) in [6.07, 6.45) is -0.896. The van der Waals surface area contributed by atoms with Crippen molar-refractivity contribution >= 4 is 23.2 Å². The van der Waals surface area contributed by atoms with Gasteiger partial charge in [0.25, 0.3) is 5.69 Å². The van der Waals surface area contributed by atoms with E-state index in [1.807, 2.05) is 30.3 Å². The number of carbonyl (C=O) groups excluding carboxylic acids is 1. The van der Waals surface area contributed by atoms with E-state index in [0.717, 1.165) is 5.56 Å². The predicted molar refractivity (Wildman–Crippen MR) is 86.6 cm³/mol. The molecule has 7 heteroatoms. The molecule has 1 N–H and O–H groups in total. The molecule has 118 valence electrons. The Kier molecular flexibility index (Phi) is 5.03. The molecule has 0 bridgehead atoms. The number of anilines is 1. The van der Waals surface area contributed by atoms with E-state index in [-0.39, 0.29) is 11.4 Å². The smallest absolute Gasteiger partial charge is 0.298 e. The predicted octanol–water partition coefficient (Wildman–Crippen LogP) is 3.88. The Morgan fingerprint density at radius 1 is 1.22 bits per heavy atom. The average Bonchev–Trinajstić information content (AvgIpc) is 2.55. The molecule has 0 aliphatic carbocycles. The number of amides is 1. The van der Waals surface area contributed by atoms with E-state index in [1.54, 1.807) is 19.9 Å². The van der Waals surface area contributed by atoms with Crippen molar-refractivity contribution < 1.29 is 14.6 Å². The highest BCUT2D eigenvalue weighted by atomic mass is 16.7. The molecule has 0 heterocycles. The Bertz CT molecular complexity index is 757. The fraction of sp³-hybridized carbons (Fsp3) is 0.125. The molecule has 0 fully saturated rings. The molecule has 0 aromatic heterocycles. The largest absolute Gasteiger partial charge is 0.438 e. The highest BCUT2D eigenvalue weighted by Gasteiger charge is 2.16. The number of nitro groups is 1. The summed E-state index contributed by atoms with van der Waals surface area (Å²) in [4.78, 5) is 26.9. The molecule has 0 aliphatic rings. The van der Waals surface area contributed by atoms with E-state index in [9.17, 15) is 14.9 Å². The number of nitrogens with zero attached hydrogens (tertiary/aromatic N) is 2. The second-order valence-corrected chi connectivity index (χ2v) is 4.82. The van der Waals surface area contributed by atoms with Crippen LogP contribution in [0.1, 0.15) is 18.1 Å². The van der Waals surface area contributed by atoms with Crippen LogP contribution in [0.4, 0.5) is 16.2 Å². The number of oxime groups is 1. The number of hydrogen-bond acceptors (Lipinski definition) is 5. The third kappa shape index (κ3) is 4.37. The van der Waals surface area contributed by atoms with E-state index in [0.29, 0.717) is 11.3 Å². The summed E-state index contributed by atoms with van der Waals surface area (Å²) in [5.41, 5.74) is 1.89. The molecular weight excluding hydrogens is 298 g/mol. The first-order valence-electron chi connectivity index (χ1n) is 6.80. The van der Waals surface area contributed by atoms with Crippen LogP contribution in [-0.2, 0) is 4.84 Å². The molecule has 0 saturated carbocycles. The Morgan fingerprint density at radius 2 is 1.91 bits per heavy atom. The number of nitrogens with one attached hydrogen (secondary N) is 1. The highest BCUT2D eigenvalue weighted by molar-refractivity contribution is 5.99. The van der Waals surface area contributed by atoms with Crippen LogP contribution in [-0.4, -0.2) is 16.7 Å². The van der Waals surface area contributed by atoms with Crippen LogP contribution < -0.4 is 5.32 Å². The molecule has 23 heavy (non-hydrogen) atoms. The lowest BCUT2D eigenvalue weighted by atomic mass is 10.1. The van der Waals surface area contributed by atoms with Crippen LogP contribution in [0.15, 0.2) is 53.7 Å². The van der Waals surface area contributed by atoms with Gasteiger partial charge >= 0.3 is 6.09 Å². The van der Waals surface area contributed by atoms with Gasteiger partial charge < -0.3 is 0 Å². The highest BCUT2D eigenvalue weighted by Crippen LogP contribution is 2.25. The topological polar surface area (TPSA) is 93.8 Å². The van der Waals surface area contributed by atoms with Crippen LogP contribution in [0.5, 0.6) is 0 Å². The lowest BCUT2D eigenvalue weighted by Gasteiger charge is -2.05. The Balaban J connectivity index is 2.07. The molecule has 7 nitrogen and oxygen atoms in total. The van der Waals surface area contributed by atoms with Crippen LogP contribution in [0.2, 0.25) is 0 Å². The SMILES string of the molecule is C/C(=N\OC(=O)Nc1ccc(C)cc1[N+](=O)[O-])c1ccccc1. The van der Waals surface area contributed by atoms with Crippen molar-refractivity contribution in [1.82, 2.24) is 0 Å². The second kappa shape index (κ2) is 7.17. The molecule has 2 aromatic carbocycles. The summed E-state index contributed by atoms with van der Waals surface area (Å²) in [7, 11) is 0. The maximum absolute atomic E-state index is 11.7. The normalized spacial score (nSPS) is 11.0. The molecule has 0 saturated heterocycles. The van der Waals surface area contributed by atoms with Gasteiger partial charge in [0.05, 0.1) is 10.6 Å². The van der Waals surface area contributed by atoms with E-state index in [4.69, 9.17) is 4.84 Å². The van der Waals surface area contributed by atoms with Gasteiger partial charge in [-0.15, -0.1) is 0 Å². The first-order valence-corrected chi connectivity index (χ1v) is 6.80. The maximum atomic E-state index is 11.7. The van der Waals surface area contributed by atoms with Gasteiger partial charge in [-0.1, -0.05) is 41.6 Å². The second-order valence-electron chi connectivity index (χ2n) is 4.82. The lowest BCUT2D eigenvalue weighted by Crippen LogP contribution is -2.13. The van der Waals surface area contributed by atoms with Crippen molar-refractivity contribution in [3.63, 3.8) is 0 Å². The summed E-state index contributed by atoms with van der Waals surface area (Å²) in [5, 5.41) is 17.0. The van der Waals surface area contributed by atoms with Crippen molar-refractivity contribution in [3.05, 3.63) is 69.8 Å². The van der Waals surface area contributed by atoms with E-state index in [1.165, 1.54) is 12.1 Å². The molecule has 1 amide bonds. The third-order valence-corrected chi connectivity index (χ3v) is 3.04. The van der Waals surface area contributed by atoms with Gasteiger partial charge in [-0.2, -0.15) is 0 Å². The first-order chi connectivity index (χ1) is 11.0. The number of carbonyl (C=O) groups is 1. The Labute approximate surface area is 132 Å². The third-order valence-electron chi connectivity index (χ3n) is 3.04. The zero-order chi connectivity index (χ0) is 16.8. The molecule has 0 radical (unpaired) electrons. The van der Waals surface area contributed by atoms with Crippen LogP contribution in [0, 0.1) is 17.0 Å². The summed E-state index contributed by atoms with van der Waals surface area (Å²) in [6, 6.07) is 13.7. The van der Waals surface area contributed by atoms with Crippen molar-refractivity contribution in [2.45, 2.75) is 13.8 Å². The number of benzene rings is 2. The monoisotopic (exact) mass is 313 g/mol. The van der Waals surface area contributed by atoms with Crippen LogP contribution >= 0.6 is 0 Å². The molecule has 0 spiro atoms. The summed E-state index contributed by atoms with van der Waals surface area (Å²) < 4.78 is 0. The lowest BCUT2D eigenvalue weighted by molar-refractivity contribution is -0.384. The molecule has 2 aromatic rings. The van der Waals surface area contributed by atoms with Crippen molar-refractivity contribution in [1.29, 1.82) is 0 Å². The molecule has 0 unspecified atom stereocenters. The molecule has 0 aliphatic heterocycles. The van der Waals surface area contributed by atoms with Gasteiger partial charge in [-0.05, 0) is 31.0 Å². The zero-order valence-corrected chi connectivity index (χ0v) is 12.6. The van der Waals surface area contributed by atoms with Crippen LogP contribution in [0.3, 0.4) is 0 Å². The minimum Gasteiger partial charge on any atom is -0.298 e. The van der Waals surface area contributed by atoms with Gasteiger partial charge in [0.2, 0.25) is 0 Å². The van der Waals surface area contributed by atoms with Crippen molar-refractivity contribution in [2.75, 3.05) is 5.32 Å². The Morgan fingerprint density at radius 3 is 2.57 bits per heavy atom. The summed E-state index contributed by atoms with van der Waals surface area (Å²) in [6.45, 7) is 3.42. The minimum atomic E-state index is -0.896. The summed E-state index contributed by atoms with van der Waals surface area (Å²) >= 11 is 0. The standard InChI is InChI=1S/C16H15N3O4/c1-11-8-9-14(15(10-11)19(21)22)17-16(20)23-18-12(2)13-6-4-3-5-7-13/h3-10H,1-2H3,(H,17,20)/b18-12+. The van der Waals surface area contributed by atoms with Crippen molar-refractivity contribution in [3.8, 4) is 0 Å². The van der Waals surface area contributed by atoms with Gasteiger partial charge in [-0.3, -0.25) is 20.3 Å². The fourth-order valence-electron chi connectivity index (χ4n) is 1.87.